The quantitative estimate of drug-likeness (QED) is 0.203. The molecule has 0 saturated heterocycles. The number of aromatic nitrogens is 2. The molecule has 2 aromatic carbocycles. The van der Waals surface area contributed by atoms with E-state index in [9.17, 15) is 0 Å². The summed E-state index contributed by atoms with van der Waals surface area (Å²) in [6.07, 6.45) is 18.9. The maximum atomic E-state index is 2.37. The van der Waals surface area contributed by atoms with E-state index in [1.807, 2.05) is 0 Å². The number of hydrogen-bond acceptors (Lipinski definition) is 0. The van der Waals surface area contributed by atoms with Gasteiger partial charge in [-0.3, -0.25) is 0 Å². The largest absolute Gasteiger partial charge is 0.243 e. The van der Waals surface area contributed by atoms with Crippen molar-refractivity contribution in [2.24, 2.45) is 0 Å². The highest BCUT2D eigenvalue weighted by atomic mass is 15.1. The van der Waals surface area contributed by atoms with E-state index in [4.69, 9.17) is 0 Å². The summed E-state index contributed by atoms with van der Waals surface area (Å²) in [4.78, 5) is 0. The van der Waals surface area contributed by atoms with Crippen LogP contribution < -0.4 is 4.57 Å². The second-order valence-electron chi connectivity index (χ2n) is 8.62. The van der Waals surface area contributed by atoms with Gasteiger partial charge < -0.3 is 0 Å². The van der Waals surface area contributed by atoms with Crippen LogP contribution in [0.2, 0.25) is 0 Å². The summed E-state index contributed by atoms with van der Waals surface area (Å²) in [6, 6.07) is 21.8. The third kappa shape index (κ3) is 7.82. The van der Waals surface area contributed by atoms with E-state index >= 15 is 0 Å². The van der Waals surface area contributed by atoms with Gasteiger partial charge in [0, 0.05) is 5.92 Å². The lowest BCUT2D eigenvalue weighted by Crippen LogP contribution is -2.35. The van der Waals surface area contributed by atoms with Crippen molar-refractivity contribution in [3.05, 3.63) is 90.5 Å². The normalized spacial score (nSPS) is 12.2. The van der Waals surface area contributed by atoms with Crippen molar-refractivity contribution < 1.29 is 4.57 Å². The molecule has 0 N–H and O–H groups in total. The predicted octanol–water partition coefficient (Wildman–Crippen LogP) is 6.94. The number of rotatable bonds is 14. The van der Waals surface area contributed by atoms with Crippen LogP contribution >= 0.6 is 0 Å². The molecule has 1 heterocycles. The second-order valence-corrected chi connectivity index (χ2v) is 8.62. The number of benzene rings is 2. The Kier molecular flexibility index (Phi) is 9.72. The van der Waals surface area contributed by atoms with Crippen molar-refractivity contribution in [3.8, 4) is 0 Å². The molecule has 3 aromatic rings. The molecule has 0 aliphatic heterocycles. The molecule has 2 heteroatoms. The van der Waals surface area contributed by atoms with Gasteiger partial charge in [0.05, 0.1) is 13.1 Å². The molecule has 0 amide bonds. The molecule has 1 atom stereocenters. The Hall–Kier alpha value is -2.35. The Bertz CT molecular complexity index is 807. The van der Waals surface area contributed by atoms with Gasteiger partial charge in [-0.2, -0.15) is 0 Å². The van der Waals surface area contributed by atoms with E-state index in [1.165, 1.54) is 62.5 Å². The SMILES string of the molecule is CCCCCCCCCCn1cc[n+](CC(Cc2ccccc2)c2ccccc2)c1. The first kappa shape index (κ1) is 22.3. The summed E-state index contributed by atoms with van der Waals surface area (Å²) in [6.45, 7) is 4.44. The zero-order valence-electron chi connectivity index (χ0n) is 18.8. The molecule has 0 saturated carbocycles. The van der Waals surface area contributed by atoms with Crippen molar-refractivity contribution in [1.82, 2.24) is 4.57 Å². The molecule has 0 fully saturated rings. The van der Waals surface area contributed by atoms with Gasteiger partial charge in [-0.1, -0.05) is 106 Å². The van der Waals surface area contributed by atoms with Gasteiger partial charge in [-0.05, 0) is 30.4 Å². The molecule has 2 nitrogen and oxygen atoms in total. The highest BCUT2D eigenvalue weighted by Gasteiger charge is 2.16. The Morgan fingerprint density at radius 2 is 1.40 bits per heavy atom. The molecule has 0 aliphatic rings. The van der Waals surface area contributed by atoms with Crippen molar-refractivity contribution in [2.75, 3.05) is 0 Å². The number of hydrogen-bond donors (Lipinski definition) is 0. The maximum absolute atomic E-state index is 2.37. The van der Waals surface area contributed by atoms with E-state index in [0.717, 1.165) is 19.5 Å². The fourth-order valence-corrected chi connectivity index (χ4v) is 4.27. The lowest BCUT2D eigenvalue weighted by molar-refractivity contribution is -0.699. The first-order valence-electron chi connectivity index (χ1n) is 12.0. The van der Waals surface area contributed by atoms with E-state index < -0.39 is 0 Å². The van der Waals surface area contributed by atoms with Gasteiger partial charge in [0.25, 0.3) is 0 Å². The molecule has 160 valence electrons. The van der Waals surface area contributed by atoms with Crippen LogP contribution in [0, 0.1) is 0 Å². The zero-order chi connectivity index (χ0) is 20.9. The fourth-order valence-electron chi connectivity index (χ4n) is 4.27. The lowest BCUT2D eigenvalue weighted by atomic mass is 9.92. The molecule has 0 radical (unpaired) electrons. The molecule has 1 aromatic heterocycles. The van der Waals surface area contributed by atoms with E-state index in [2.05, 4.69) is 95.4 Å². The Morgan fingerprint density at radius 1 is 0.767 bits per heavy atom. The summed E-state index contributed by atoms with van der Waals surface area (Å²) in [5, 5.41) is 0. The van der Waals surface area contributed by atoms with Crippen LogP contribution in [0.15, 0.2) is 79.4 Å². The number of aryl methyl sites for hydroxylation is 1. The Morgan fingerprint density at radius 3 is 2.10 bits per heavy atom. The Balaban J connectivity index is 1.49. The van der Waals surface area contributed by atoms with Gasteiger partial charge in [0.2, 0.25) is 6.33 Å². The van der Waals surface area contributed by atoms with Gasteiger partial charge in [-0.15, -0.1) is 0 Å². The summed E-state index contributed by atoms with van der Waals surface area (Å²) in [7, 11) is 0. The minimum atomic E-state index is 0.484. The third-order valence-electron chi connectivity index (χ3n) is 6.04. The van der Waals surface area contributed by atoms with Gasteiger partial charge >= 0.3 is 0 Å². The summed E-state index contributed by atoms with van der Waals surface area (Å²) in [5.74, 6) is 0.484. The average molecular weight is 404 g/mol. The second kappa shape index (κ2) is 13.1. The molecular weight excluding hydrogens is 364 g/mol. The van der Waals surface area contributed by atoms with Crippen molar-refractivity contribution in [2.45, 2.75) is 83.7 Å². The van der Waals surface area contributed by atoms with Crippen molar-refractivity contribution >= 4 is 0 Å². The average Bonchev–Trinajstić information content (AvgIpc) is 3.24. The van der Waals surface area contributed by atoms with E-state index in [-0.39, 0.29) is 0 Å². The summed E-state index contributed by atoms with van der Waals surface area (Å²) < 4.78 is 4.73. The van der Waals surface area contributed by atoms with Crippen LogP contribution in [-0.2, 0) is 19.5 Å². The molecule has 1 unspecified atom stereocenters. The first-order valence-corrected chi connectivity index (χ1v) is 12.0. The topological polar surface area (TPSA) is 8.81 Å². The molecule has 0 aliphatic carbocycles. The van der Waals surface area contributed by atoms with Crippen molar-refractivity contribution in [1.29, 1.82) is 0 Å². The number of imidazole rings is 1. The highest BCUT2D eigenvalue weighted by molar-refractivity contribution is 5.23. The van der Waals surface area contributed by atoms with E-state index in [1.54, 1.807) is 0 Å². The fraction of sp³-hybridized carbons (Fsp3) is 0.464. The maximum Gasteiger partial charge on any atom is 0.243 e. The summed E-state index contributed by atoms with van der Waals surface area (Å²) >= 11 is 0. The van der Waals surface area contributed by atoms with Gasteiger partial charge in [0.1, 0.15) is 12.4 Å². The summed E-state index contributed by atoms with van der Waals surface area (Å²) in [5.41, 5.74) is 2.83. The van der Waals surface area contributed by atoms with Gasteiger partial charge in [-0.25, -0.2) is 9.13 Å². The van der Waals surface area contributed by atoms with Crippen LogP contribution in [-0.4, -0.2) is 4.57 Å². The van der Waals surface area contributed by atoms with Crippen LogP contribution in [0.3, 0.4) is 0 Å². The number of unbranched alkanes of at least 4 members (excludes halogenated alkanes) is 7. The zero-order valence-corrected chi connectivity index (χ0v) is 18.8. The molecule has 30 heavy (non-hydrogen) atoms. The van der Waals surface area contributed by atoms with E-state index in [0.29, 0.717) is 5.92 Å². The minimum absolute atomic E-state index is 0.484. The van der Waals surface area contributed by atoms with Crippen LogP contribution in [0.25, 0.3) is 0 Å². The minimum Gasteiger partial charge on any atom is -0.237 e. The molecule has 0 spiro atoms. The third-order valence-corrected chi connectivity index (χ3v) is 6.04. The first-order chi connectivity index (χ1) is 14.8. The molecule has 3 rings (SSSR count). The standard InChI is InChI=1S/C28H39N2/c1-2-3-4-5-6-7-8-15-20-29-21-22-30(25-29)24-28(27-18-13-10-14-19-27)23-26-16-11-9-12-17-26/h9-14,16-19,21-22,25,28H,2-8,15,20,23-24H2,1H3/q+1. The highest BCUT2D eigenvalue weighted by Crippen LogP contribution is 2.21. The molecular formula is C28H39N2+. The van der Waals surface area contributed by atoms with Crippen LogP contribution in [0.1, 0.15) is 75.3 Å². The monoisotopic (exact) mass is 403 g/mol. The lowest BCUT2D eigenvalue weighted by Gasteiger charge is -2.15. The van der Waals surface area contributed by atoms with Crippen molar-refractivity contribution in [3.63, 3.8) is 0 Å². The number of nitrogens with zero attached hydrogens (tertiary/aromatic N) is 2. The van der Waals surface area contributed by atoms with Crippen LogP contribution in [0.5, 0.6) is 0 Å². The smallest absolute Gasteiger partial charge is 0.237 e. The molecule has 0 bridgehead atoms. The Labute approximate surface area is 183 Å². The van der Waals surface area contributed by atoms with Crippen LogP contribution in [0.4, 0.5) is 0 Å². The van der Waals surface area contributed by atoms with Gasteiger partial charge in [0.15, 0.2) is 0 Å². The predicted molar refractivity (Wildman–Crippen MR) is 127 cm³/mol.